The van der Waals surface area contributed by atoms with Crippen LogP contribution in [0.4, 0.5) is 0 Å². The average Bonchev–Trinajstić information content (AvgIpc) is 4.01. The van der Waals surface area contributed by atoms with Crippen LogP contribution in [0.1, 0.15) is 8.22 Å². The molecule has 0 N–H and O–H groups in total. The first-order valence-electron chi connectivity index (χ1n) is 21.5. The summed E-state index contributed by atoms with van der Waals surface area (Å²) in [5, 5.41) is 4.14. The van der Waals surface area contributed by atoms with Gasteiger partial charge in [-0.3, -0.25) is 0 Å². The Labute approximate surface area is 339 Å². The summed E-state index contributed by atoms with van der Waals surface area (Å²) in [5.41, 5.74) is 6.52. The second-order valence-corrected chi connectivity index (χ2v) is 15.0. The molecule has 0 unspecified atom stereocenters. The Morgan fingerprint density at radius 2 is 1.11 bits per heavy atom. The minimum atomic E-state index is -0.165. The Balaban J connectivity index is 1.17. The van der Waals surface area contributed by atoms with E-state index in [-0.39, 0.29) is 58.1 Å². The molecule has 0 bridgehead atoms. The largest absolute Gasteiger partial charge is 0.455 e. The van der Waals surface area contributed by atoms with Crippen LogP contribution in [-0.2, 0) is 0 Å². The van der Waals surface area contributed by atoms with Crippen molar-refractivity contribution in [3.63, 3.8) is 0 Å². The van der Waals surface area contributed by atoms with Crippen molar-refractivity contribution in [3.8, 4) is 51.0 Å². The number of rotatable bonds is 5. The van der Waals surface area contributed by atoms with Crippen molar-refractivity contribution in [2.75, 3.05) is 0 Å². The van der Waals surface area contributed by atoms with Crippen molar-refractivity contribution < 1.29 is 12.6 Å². The number of furan rings is 1. The topological polar surface area (TPSA) is 56.7 Å². The van der Waals surface area contributed by atoms with Crippen LogP contribution in [0.2, 0.25) is 0 Å². The highest BCUT2D eigenvalue weighted by Gasteiger charge is 2.22. The predicted molar refractivity (Wildman–Crippen MR) is 236 cm³/mol. The summed E-state index contributed by atoms with van der Waals surface area (Å²) in [4.78, 5) is 14.8. The summed E-state index contributed by atoms with van der Waals surface area (Å²) in [6.45, 7) is 0. The molecule has 0 saturated heterocycles. The van der Waals surface area contributed by atoms with Gasteiger partial charge in [0.2, 0.25) is 0 Å². The number of hydrogen-bond acceptors (Lipinski definition) is 5. The van der Waals surface area contributed by atoms with Crippen molar-refractivity contribution in [1.82, 2.24) is 19.5 Å². The normalized spacial score (nSPS) is 13.3. The molecule has 0 amide bonds. The highest BCUT2D eigenvalue weighted by Crippen LogP contribution is 2.46. The molecule has 0 saturated carbocycles. The van der Waals surface area contributed by atoms with E-state index in [0.29, 0.717) is 34.3 Å². The quantitative estimate of drug-likeness (QED) is 0.176. The van der Waals surface area contributed by atoms with Crippen molar-refractivity contribution in [3.05, 3.63) is 182 Å². The van der Waals surface area contributed by atoms with E-state index in [0.717, 1.165) is 58.8 Å². The van der Waals surface area contributed by atoms with Crippen molar-refractivity contribution in [1.29, 1.82) is 0 Å². The number of thiophene rings is 1. The molecule has 57 heavy (non-hydrogen) atoms. The molecule has 0 aliphatic carbocycles. The molecule has 0 spiro atoms. The van der Waals surface area contributed by atoms with Crippen LogP contribution >= 0.6 is 11.3 Å². The standard InChI is InChI=1S/C51H30N4OS/c1-3-14-31(15-4-1)49-52-50(32-16-5-2-6-17-32)54-51(53-49)33-26-27-37-40-29-34(55-42-22-10-7-18-35(42)36-19-8-11-23-43(36)55)30-41(48(40)56-44(37)28-33)38-21-13-25-46-47(38)39-20-9-12-24-45(39)57-46/h1-30H/i7D,8D,18D,19D,22D,23D. The Hall–Kier alpha value is -7.41. The van der Waals surface area contributed by atoms with E-state index in [4.69, 9.17) is 24.9 Å². The summed E-state index contributed by atoms with van der Waals surface area (Å²) in [6.07, 6.45) is 0. The van der Waals surface area contributed by atoms with Crippen LogP contribution in [0, 0.1) is 0 Å². The van der Waals surface area contributed by atoms with Gasteiger partial charge in [0.05, 0.1) is 19.3 Å². The van der Waals surface area contributed by atoms with E-state index in [2.05, 4.69) is 24.3 Å². The molecule has 12 rings (SSSR count). The van der Waals surface area contributed by atoms with Gasteiger partial charge >= 0.3 is 0 Å². The summed E-state index contributed by atoms with van der Waals surface area (Å²) >= 11 is 1.71. The molecule has 8 aromatic carbocycles. The second-order valence-electron chi connectivity index (χ2n) is 13.9. The molecule has 4 heterocycles. The number of aromatic nitrogens is 4. The first-order valence-corrected chi connectivity index (χ1v) is 19.3. The third kappa shape index (κ3) is 5.04. The Bertz CT molecular complexity index is 3750. The number of benzene rings is 8. The number of hydrogen-bond donors (Lipinski definition) is 0. The molecule has 0 radical (unpaired) electrons. The molecular weight excluding hydrogens is 717 g/mol. The van der Waals surface area contributed by atoms with Gasteiger partial charge in [-0.15, -0.1) is 11.3 Å². The van der Waals surface area contributed by atoms with Gasteiger partial charge in [-0.05, 0) is 54.0 Å². The molecule has 0 atom stereocenters. The second kappa shape index (κ2) is 12.6. The van der Waals surface area contributed by atoms with Gasteiger partial charge in [0.1, 0.15) is 11.2 Å². The van der Waals surface area contributed by atoms with Crippen LogP contribution in [-0.4, -0.2) is 19.5 Å². The van der Waals surface area contributed by atoms with Crippen LogP contribution in [0.3, 0.4) is 0 Å². The fourth-order valence-corrected chi connectivity index (χ4v) is 9.17. The highest BCUT2D eigenvalue weighted by atomic mass is 32.1. The van der Waals surface area contributed by atoms with Crippen LogP contribution in [0.15, 0.2) is 186 Å². The Morgan fingerprint density at radius 3 is 1.81 bits per heavy atom. The van der Waals surface area contributed by atoms with Gasteiger partial charge < -0.3 is 8.98 Å². The Morgan fingerprint density at radius 1 is 0.474 bits per heavy atom. The van der Waals surface area contributed by atoms with Gasteiger partial charge in [-0.25, -0.2) is 15.0 Å². The monoisotopic (exact) mass is 752 g/mol. The van der Waals surface area contributed by atoms with Gasteiger partial charge in [0, 0.05) is 69.7 Å². The van der Waals surface area contributed by atoms with Crippen molar-refractivity contribution in [2.24, 2.45) is 0 Å². The zero-order valence-electron chi connectivity index (χ0n) is 36.0. The number of nitrogens with zero attached hydrogens (tertiary/aromatic N) is 4. The van der Waals surface area contributed by atoms with Gasteiger partial charge in [-0.2, -0.15) is 0 Å². The van der Waals surface area contributed by atoms with E-state index in [1.165, 1.54) is 12.1 Å². The first-order chi connectivity index (χ1) is 30.7. The van der Waals surface area contributed by atoms with E-state index in [1.807, 2.05) is 109 Å². The average molecular weight is 753 g/mol. The fourth-order valence-electron chi connectivity index (χ4n) is 8.04. The summed E-state index contributed by atoms with van der Waals surface area (Å²) < 4.78 is 64.5. The lowest BCUT2D eigenvalue weighted by atomic mass is 9.96. The van der Waals surface area contributed by atoms with E-state index < -0.39 is 0 Å². The summed E-state index contributed by atoms with van der Waals surface area (Å²) in [5.74, 6) is 1.57. The molecule has 0 aliphatic rings. The van der Waals surface area contributed by atoms with Crippen LogP contribution in [0.5, 0.6) is 0 Å². The summed E-state index contributed by atoms with van der Waals surface area (Å²) in [7, 11) is 0. The molecule has 266 valence electrons. The van der Waals surface area contributed by atoms with E-state index in [9.17, 15) is 2.74 Å². The van der Waals surface area contributed by atoms with Gasteiger partial charge in [0.25, 0.3) is 0 Å². The SMILES string of the molecule is [2H]c1cc([2H])c2c(c1[2H])c1c([2H])c([2H])cc([2H])c1n2-c1cc(-c2cccc3sc4ccccc4c23)c2oc3cc(-c4nc(-c5ccccc5)nc(-c5ccccc5)n4)ccc3c2c1. The molecule has 0 aliphatic heterocycles. The van der Waals surface area contributed by atoms with Crippen molar-refractivity contribution >= 4 is 75.3 Å². The van der Waals surface area contributed by atoms with Gasteiger partial charge in [0.15, 0.2) is 17.5 Å². The predicted octanol–water partition coefficient (Wildman–Crippen LogP) is 13.9. The van der Waals surface area contributed by atoms with Crippen LogP contribution < -0.4 is 0 Å². The van der Waals surface area contributed by atoms with Gasteiger partial charge in [-0.1, -0.05) is 133 Å². The zero-order chi connectivity index (χ0) is 42.7. The lowest BCUT2D eigenvalue weighted by Crippen LogP contribution is -2.00. The lowest BCUT2D eigenvalue weighted by Gasteiger charge is -2.12. The smallest absolute Gasteiger partial charge is 0.164 e. The molecule has 0 fully saturated rings. The number of fused-ring (bicyclic) bond motifs is 9. The number of para-hydroxylation sites is 2. The Kier molecular flexibility index (Phi) is 5.82. The molecule has 6 heteroatoms. The highest BCUT2D eigenvalue weighted by molar-refractivity contribution is 7.25. The first kappa shape index (κ1) is 26.4. The molecule has 12 aromatic rings. The maximum absolute atomic E-state index is 9.20. The molecular formula is C51H30N4OS. The fraction of sp³-hybridized carbons (Fsp3) is 0. The minimum absolute atomic E-state index is 0.0242. The third-order valence-corrected chi connectivity index (χ3v) is 11.7. The van der Waals surface area contributed by atoms with E-state index >= 15 is 0 Å². The molecule has 5 nitrogen and oxygen atoms in total. The maximum Gasteiger partial charge on any atom is 0.164 e. The summed E-state index contributed by atoms with van der Waals surface area (Å²) in [6, 6.07) is 46.0. The maximum atomic E-state index is 9.20. The lowest BCUT2D eigenvalue weighted by molar-refractivity contribution is 0.670. The van der Waals surface area contributed by atoms with Crippen molar-refractivity contribution in [2.45, 2.75) is 0 Å². The third-order valence-electron chi connectivity index (χ3n) is 10.6. The molecule has 4 aromatic heterocycles. The minimum Gasteiger partial charge on any atom is -0.455 e. The van der Waals surface area contributed by atoms with Crippen LogP contribution in [0.25, 0.3) is 115 Å². The van der Waals surface area contributed by atoms with E-state index in [1.54, 1.807) is 15.9 Å². The zero-order valence-corrected chi connectivity index (χ0v) is 30.8.